The quantitative estimate of drug-likeness (QED) is 0.687. The molecule has 1 atom stereocenters. The van der Waals surface area contributed by atoms with E-state index in [4.69, 9.17) is 4.74 Å². The van der Waals surface area contributed by atoms with Gasteiger partial charge in [-0.3, -0.25) is 4.79 Å². The van der Waals surface area contributed by atoms with Crippen molar-refractivity contribution >= 4 is 27.3 Å². The van der Waals surface area contributed by atoms with Crippen LogP contribution >= 0.6 is 11.3 Å². The number of ether oxygens (including phenoxy) is 1. The monoisotopic (exact) mass is 422 g/mol. The molecule has 3 rings (SSSR count). The minimum Gasteiger partial charge on any atom is -0.483 e. The second kappa shape index (κ2) is 9.07. The van der Waals surface area contributed by atoms with E-state index in [1.165, 1.54) is 15.6 Å². The molecule has 1 unspecified atom stereocenters. The average Bonchev–Trinajstić information content (AvgIpc) is 3.27. The number of nitrogens with zero attached hydrogens (tertiary/aromatic N) is 2. The van der Waals surface area contributed by atoms with Gasteiger partial charge in [0.15, 0.2) is 6.61 Å². The number of benzene rings is 1. The van der Waals surface area contributed by atoms with E-state index in [9.17, 15) is 13.2 Å². The van der Waals surface area contributed by atoms with Gasteiger partial charge in [-0.1, -0.05) is 38.1 Å². The Kier molecular flexibility index (Phi) is 6.74. The molecular formula is C20H26N2O4S2. The first-order valence-corrected chi connectivity index (χ1v) is 11.8. The fourth-order valence-corrected chi connectivity index (χ4v) is 5.75. The molecule has 2 aromatic rings. The Bertz CT molecular complexity index is 889. The van der Waals surface area contributed by atoms with Crippen molar-refractivity contribution in [3.05, 3.63) is 47.3 Å². The van der Waals surface area contributed by atoms with Crippen molar-refractivity contribution in [2.24, 2.45) is 0 Å². The summed E-state index contributed by atoms with van der Waals surface area (Å²) in [7, 11) is -3.46. The Morgan fingerprint density at radius 1 is 1.14 bits per heavy atom. The third-order valence-corrected chi connectivity index (χ3v) is 8.37. The molecule has 1 fully saturated rings. The number of sulfonamides is 1. The van der Waals surface area contributed by atoms with Crippen LogP contribution < -0.4 is 4.74 Å². The van der Waals surface area contributed by atoms with E-state index in [0.29, 0.717) is 36.3 Å². The number of hydrogen-bond donors (Lipinski definition) is 0. The van der Waals surface area contributed by atoms with Crippen molar-refractivity contribution in [2.75, 3.05) is 32.8 Å². The summed E-state index contributed by atoms with van der Waals surface area (Å²) >= 11 is 1.21. The van der Waals surface area contributed by atoms with Crippen molar-refractivity contribution < 1.29 is 17.9 Å². The lowest BCUT2D eigenvalue weighted by Gasteiger charge is -2.33. The number of piperazine rings is 1. The summed E-state index contributed by atoms with van der Waals surface area (Å²) in [4.78, 5) is 14.2. The van der Waals surface area contributed by atoms with Crippen LogP contribution in [-0.2, 0) is 14.8 Å². The van der Waals surface area contributed by atoms with Gasteiger partial charge >= 0.3 is 0 Å². The van der Waals surface area contributed by atoms with E-state index in [1.807, 2.05) is 24.3 Å². The minimum atomic E-state index is -3.46. The number of amides is 1. The summed E-state index contributed by atoms with van der Waals surface area (Å²) in [6.45, 7) is 5.57. The molecule has 0 aliphatic carbocycles. The highest BCUT2D eigenvalue weighted by Gasteiger charge is 2.30. The molecule has 1 aromatic heterocycles. The Labute approximate surface area is 170 Å². The van der Waals surface area contributed by atoms with Crippen molar-refractivity contribution in [2.45, 2.75) is 30.4 Å². The molecule has 8 heteroatoms. The smallest absolute Gasteiger partial charge is 0.260 e. The first-order valence-electron chi connectivity index (χ1n) is 9.46. The topological polar surface area (TPSA) is 66.9 Å². The van der Waals surface area contributed by atoms with Gasteiger partial charge in [-0.15, -0.1) is 11.3 Å². The number of thiophene rings is 1. The van der Waals surface area contributed by atoms with E-state index < -0.39 is 10.0 Å². The van der Waals surface area contributed by atoms with Crippen LogP contribution in [0.2, 0.25) is 0 Å². The van der Waals surface area contributed by atoms with Gasteiger partial charge < -0.3 is 9.64 Å². The van der Waals surface area contributed by atoms with Crippen molar-refractivity contribution in [3.8, 4) is 5.75 Å². The summed E-state index contributed by atoms with van der Waals surface area (Å²) in [5, 5.41) is 1.75. The molecule has 0 bridgehead atoms. The van der Waals surface area contributed by atoms with E-state index in [0.717, 1.165) is 17.7 Å². The van der Waals surface area contributed by atoms with Gasteiger partial charge in [0.1, 0.15) is 9.96 Å². The average molecular weight is 423 g/mol. The summed E-state index contributed by atoms with van der Waals surface area (Å²) in [6, 6.07) is 11.1. The lowest BCUT2D eigenvalue weighted by Crippen LogP contribution is -2.51. The van der Waals surface area contributed by atoms with Crippen molar-refractivity contribution in [1.29, 1.82) is 0 Å². The maximum atomic E-state index is 12.6. The Balaban J connectivity index is 1.55. The van der Waals surface area contributed by atoms with Crippen LogP contribution in [0.5, 0.6) is 5.75 Å². The van der Waals surface area contributed by atoms with Crippen LogP contribution in [0, 0.1) is 0 Å². The van der Waals surface area contributed by atoms with E-state index in [-0.39, 0.29) is 12.5 Å². The van der Waals surface area contributed by atoms with Gasteiger partial charge in [-0.05, 0) is 35.4 Å². The molecule has 0 N–H and O–H groups in total. The second-order valence-corrected chi connectivity index (χ2v) is 9.97. The lowest BCUT2D eigenvalue weighted by molar-refractivity contribution is -0.134. The molecular weight excluding hydrogens is 396 g/mol. The zero-order valence-corrected chi connectivity index (χ0v) is 17.8. The second-order valence-electron chi connectivity index (χ2n) is 6.85. The first-order chi connectivity index (χ1) is 13.4. The highest BCUT2D eigenvalue weighted by atomic mass is 32.2. The molecule has 0 saturated carbocycles. The molecule has 0 spiro atoms. The van der Waals surface area contributed by atoms with Crippen LogP contribution in [0.25, 0.3) is 0 Å². The van der Waals surface area contributed by atoms with E-state index in [1.54, 1.807) is 22.4 Å². The molecule has 1 aliphatic rings. The lowest BCUT2D eigenvalue weighted by atomic mass is 9.98. The predicted octanol–water partition coefficient (Wildman–Crippen LogP) is 3.17. The van der Waals surface area contributed by atoms with Crippen LogP contribution in [0.1, 0.15) is 31.7 Å². The summed E-state index contributed by atoms with van der Waals surface area (Å²) < 4.78 is 32.7. The molecule has 28 heavy (non-hydrogen) atoms. The predicted molar refractivity (Wildman–Crippen MR) is 110 cm³/mol. The number of hydrogen-bond acceptors (Lipinski definition) is 5. The number of para-hydroxylation sites is 1. The molecule has 1 aromatic carbocycles. The van der Waals surface area contributed by atoms with Gasteiger partial charge in [-0.2, -0.15) is 4.31 Å². The largest absolute Gasteiger partial charge is 0.483 e. The van der Waals surface area contributed by atoms with Crippen molar-refractivity contribution in [1.82, 2.24) is 9.21 Å². The minimum absolute atomic E-state index is 0.0366. The summed E-state index contributed by atoms with van der Waals surface area (Å²) in [5.74, 6) is 0.980. The highest BCUT2D eigenvalue weighted by Crippen LogP contribution is 2.28. The number of rotatable bonds is 7. The van der Waals surface area contributed by atoms with Gasteiger partial charge in [0.2, 0.25) is 0 Å². The summed E-state index contributed by atoms with van der Waals surface area (Å²) in [6.07, 6.45) is 0.995. The third kappa shape index (κ3) is 4.56. The normalized spacial score (nSPS) is 16.7. The maximum absolute atomic E-state index is 12.6. The highest BCUT2D eigenvalue weighted by molar-refractivity contribution is 7.91. The standard InChI is InChI=1S/C20H26N2O4S2/c1-3-16(2)17-7-4-5-8-18(17)26-15-19(23)21-10-12-22(13-11-21)28(24,25)20-9-6-14-27-20/h4-9,14,16H,3,10-13,15H2,1-2H3. The first kappa shape index (κ1) is 20.8. The Hall–Kier alpha value is -1.90. The van der Waals surface area contributed by atoms with Crippen LogP contribution in [0.4, 0.5) is 0 Å². The molecule has 0 radical (unpaired) electrons. The molecule has 6 nitrogen and oxygen atoms in total. The fraction of sp³-hybridized carbons (Fsp3) is 0.450. The van der Waals surface area contributed by atoms with Crippen LogP contribution in [0.3, 0.4) is 0 Å². The Morgan fingerprint density at radius 3 is 2.50 bits per heavy atom. The molecule has 1 amide bonds. The van der Waals surface area contributed by atoms with E-state index in [2.05, 4.69) is 13.8 Å². The zero-order valence-electron chi connectivity index (χ0n) is 16.2. The number of carbonyl (C=O) groups is 1. The SMILES string of the molecule is CCC(C)c1ccccc1OCC(=O)N1CCN(S(=O)(=O)c2cccs2)CC1. The molecule has 2 heterocycles. The van der Waals surface area contributed by atoms with Gasteiger partial charge in [0.25, 0.3) is 15.9 Å². The summed E-state index contributed by atoms with van der Waals surface area (Å²) in [5.41, 5.74) is 1.10. The van der Waals surface area contributed by atoms with Gasteiger partial charge in [-0.25, -0.2) is 8.42 Å². The molecule has 152 valence electrons. The van der Waals surface area contributed by atoms with Crippen LogP contribution in [0.15, 0.2) is 46.0 Å². The fourth-order valence-electron chi connectivity index (χ4n) is 3.19. The third-order valence-electron chi connectivity index (χ3n) is 5.09. The number of carbonyl (C=O) groups excluding carboxylic acids is 1. The Morgan fingerprint density at radius 2 is 1.86 bits per heavy atom. The maximum Gasteiger partial charge on any atom is 0.260 e. The van der Waals surface area contributed by atoms with Gasteiger partial charge in [0, 0.05) is 26.2 Å². The zero-order chi connectivity index (χ0) is 20.1. The van der Waals surface area contributed by atoms with Crippen molar-refractivity contribution in [3.63, 3.8) is 0 Å². The van der Waals surface area contributed by atoms with E-state index >= 15 is 0 Å². The van der Waals surface area contributed by atoms with Crippen LogP contribution in [-0.4, -0.2) is 56.3 Å². The van der Waals surface area contributed by atoms with Gasteiger partial charge in [0.05, 0.1) is 0 Å². The molecule has 1 saturated heterocycles. The molecule has 1 aliphatic heterocycles.